The van der Waals surface area contributed by atoms with Gasteiger partial charge in [0.2, 0.25) is 5.91 Å². The molecule has 0 aromatic heterocycles. The van der Waals surface area contributed by atoms with E-state index in [4.69, 9.17) is 14.0 Å². The predicted octanol–water partition coefficient (Wildman–Crippen LogP) is 2.80. The Kier molecular flexibility index (Phi) is 5.60. The van der Waals surface area contributed by atoms with Crippen LogP contribution in [0.15, 0.2) is 18.2 Å². The molecule has 2 aliphatic heterocycles. The summed E-state index contributed by atoms with van der Waals surface area (Å²) in [5, 5.41) is 0. The Morgan fingerprint density at radius 2 is 1.78 bits per heavy atom. The average molecular weight is 373 g/mol. The van der Waals surface area contributed by atoms with E-state index in [-0.39, 0.29) is 17.1 Å². The molecule has 5 nitrogen and oxygen atoms in total. The van der Waals surface area contributed by atoms with E-state index >= 15 is 0 Å². The van der Waals surface area contributed by atoms with Crippen LogP contribution < -0.4 is 10.2 Å². The third-order valence-corrected chi connectivity index (χ3v) is 6.31. The topological polar surface area (TPSA) is 48.0 Å². The normalized spacial score (nSPS) is 22.1. The Bertz CT molecular complexity index is 679. The summed E-state index contributed by atoms with van der Waals surface area (Å²) in [6.45, 7) is 12.1. The minimum Gasteiger partial charge on any atom is -0.496 e. The highest BCUT2D eigenvalue weighted by Gasteiger charge is 2.51. The van der Waals surface area contributed by atoms with E-state index in [0.29, 0.717) is 18.1 Å². The first-order valence-corrected chi connectivity index (χ1v) is 9.93. The molecular formula is C21H32BNO4. The van der Waals surface area contributed by atoms with Crippen LogP contribution in [0.2, 0.25) is 0 Å². The molecule has 0 unspecified atom stereocenters. The first kappa shape index (κ1) is 20.2. The van der Waals surface area contributed by atoms with Gasteiger partial charge >= 0.3 is 7.12 Å². The molecule has 3 rings (SSSR count). The lowest BCUT2D eigenvalue weighted by Gasteiger charge is -2.32. The molecule has 2 aliphatic rings. The Balaban J connectivity index is 1.72. The number of carbonyl (C=O) groups is 1. The summed E-state index contributed by atoms with van der Waals surface area (Å²) in [6.07, 6.45) is 2.54. The quantitative estimate of drug-likeness (QED) is 0.762. The van der Waals surface area contributed by atoms with Gasteiger partial charge in [-0.3, -0.25) is 4.79 Å². The largest absolute Gasteiger partial charge is 0.496 e. The second-order valence-corrected chi connectivity index (χ2v) is 8.90. The minimum atomic E-state index is -0.433. The van der Waals surface area contributed by atoms with Gasteiger partial charge in [-0.2, -0.15) is 0 Å². The van der Waals surface area contributed by atoms with E-state index in [9.17, 15) is 4.79 Å². The smallest absolute Gasteiger partial charge is 0.494 e. The van der Waals surface area contributed by atoms with Crippen LogP contribution in [0, 0.1) is 5.92 Å². The van der Waals surface area contributed by atoms with Crippen molar-refractivity contribution in [1.29, 1.82) is 0 Å². The van der Waals surface area contributed by atoms with Crippen molar-refractivity contribution in [2.45, 2.75) is 65.1 Å². The monoisotopic (exact) mass is 373 g/mol. The fraction of sp³-hybridized carbons (Fsp3) is 0.667. The van der Waals surface area contributed by atoms with E-state index in [1.165, 1.54) is 0 Å². The number of likely N-dealkylation sites (tertiary alicyclic amines) is 1. The molecule has 2 fully saturated rings. The number of benzene rings is 1. The molecule has 0 spiro atoms. The molecule has 1 aromatic rings. The lowest BCUT2D eigenvalue weighted by molar-refractivity contribution is -0.131. The standard InChI is InChI=1S/C21H32BNO4/c1-15-9-11-23(12-10-15)19(24)13-16-7-8-17(14-18(16)25-6)22-26-20(2,3)21(4,5)27-22/h7-8,14-15H,9-13H2,1-6H3. The van der Waals surface area contributed by atoms with Crippen molar-refractivity contribution in [3.05, 3.63) is 23.8 Å². The fourth-order valence-electron chi connectivity index (χ4n) is 3.57. The van der Waals surface area contributed by atoms with Crippen molar-refractivity contribution in [2.24, 2.45) is 5.92 Å². The number of amides is 1. The van der Waals surface area contributed by atoms with Crippen LogP contribution in [0.3, 0.4) is 0 Å². The Morgan fingerprint density at radius 1 is 1.19 bits per heavy atom. The summed E-state index contributed by atoms with van der Waals surface area (Å²) >= 11 is 0. The Labute approximate surface area is 163 Å². The maximum atomic E-state index is 12.7. The summed E-state index contributed by atoms with van der Waals surface area (Å²) in [4.78, 5) is 14.6. The van der Waals surface area contributed by atoms with Crippen LogP contribution in [0.1, 0.15) is 53.0 Å². The first-order valence-electron chi connectivity index (χ1n) is 9.93. The molecule has 1 amide bonds. The summed E-state index contributed by atoms with van der Waals surface area (Å²) < 4.78 is 17.8. The summed E-state index contributed by atoms with van der Waals surface area (Å²) in [6, 6.07) is 5.87. The second kappa shape index (κ2) is 7.48. The molecule has 1 aromatic carbocycles. The van der Waals surface area contributed by atoms with Gasteiger partial charge in [-0.15, -0.1) is 0 Å². The van der Waals surface area contributed by atoms with Crippen molar-refractivity contribution in [1.82, 2.24) is 4.90 Å². The third kappa shape index (κ3) is 4.17. The van der Waals surface area contributed by atoms with E-state index in [1.807, 2.05) is 50.8 Å². The minimum absolute atomic E-state index is 0.170. The zero-order chi connectivity index (χ0) is 19.8. The zero-order valence-corrected chi connectivity index (χ0v) is 17.5. The number of ether oxygens (including phenoxy) is 1. The molecule has 0 saturated carbocycles. The van der Waals surface area contributed by atoms with Crippen LogP contribution in [0.25, 0.3) is 0 Å². The van der Waals surface area contributed by atoms with Crippen LogP contribution in [-0.4, -0.2) is 49.3 Å². The van der Waals surface area contributed by atoms with Crippen LogP contribution in [0.4, 0.5) is 0 Å². The van der Waals surface area contributed by atoms with Gasteiger partial charge in [0.05, 0.1) is 24.7 Å². The molecule has 6 heteroatoms. The van der Waals surface area contributed by atoms with Gasteiger partial charge in [0.1, 0.15) is 5.75 Å². The van der Waals surface area contributed by atoms with Gasteiger partial charge in [0.25, 0.3) is 0 Å². The van der Waals surface area contributed by atoms with Crippen LogP contribution >= 0.6 is 0 Å². The molecular weight excluding hydrogens is 341 g/mol. The zero-order valence-electron chi connectivity index (χ0n) is 17.5. The first-order chi connectivity index (χ1) is 12.6. The number of nitrogens with zero attached hydrogens (tertiary/aromatic N) is 1. The third-order valence-electron chi connectivity index (χ3n) is 6.31. The van der Waals surface area contributed by atoms with Gasteiger partial charge in [-0.1, -0.05) is 19.1 Å². The van der Waals surface area contributed by atoms with E-state index in [0.717, 1.165) is 37.0 Å². The van der Waals surface area contributed by atoms with Crippen molar-refractivity contribution in [3.63, 3.8) is 0 Å². The fourth-order valence-corrected chi connectivity index (χ4v) is 3.57. The molecule has 27 heavy (non-hydrogen) atoms. The van der Waals surface area contributed by atoms with Crippen molar-refractivity contribution in [2.75, 3.05) is 20.2 Å². The molecule has 2 heterocycles. The second-order valence-electron chi connectivity index (χ2n) is 8.90. The summed E-state index contributed by atoms with van der Waals surface area (Å²) in [5.41, 5.74) is 1.05. The van der Waals surface area contributed by atoms with Crippen molar-refractivity contribution in [3.8, 4) is 5.75 Å². The number of hydrogen-bond donors (Lipinski definition) is 0. The summed E-state index contributed by atoms with van der Waals surface area (Å²) in [5.74, 6) is 1.59. The van der Waals surface area contributed by atoms with Gasteiger partial charge < -0.3 is 18.9 Å². The number of rotatable bonds is 4. The molecule has 0 N–H and O–H groups in total. The highest BCUT2D eigenvalue weighted by Crippen LogP contribution is 2.36. The van der Waals surface area contributed by atoms with Gasteiger partial charge in [-0.25, -0.2) is 0 Å². The highest BCUT2D eigenvalue weighted by atomic mass is 16.7. The highest BCUT2D eigenvalue weighted by molar-refractivity contribution is 6.62. The molecule has 148 valence electrons. The van der Waals surface area contributed by atoms with E-state index in [2.05, 4.69) is 6.92 Å². The maximum absolute atomic E-state index is 12.7. The molecule has 0 bridgehead atoms. The molecule has 0 aliphatic carbocycles. The number of hydrogen-bond acceptors (Lipinski definition) is 4. The van der Waals surface area contributed by atoms with Crippen LogP contribution in [-0.2, 0) is 20.5 Å². The van der Waals surface area contributed by atoms with Gasteiger partial charge in [0, 0.05) is 18.7 Å². The van der Waals surface area contributed by atoms with E-state index in [1.54, 1.807) is 7.11 Å². The lowest BCUT2D eigenvalue weighted by atomic mass is 9.78. The predicted molar refractivity (Wildman–Crippen MR) is 107 cm³/mol. The number of carbonyl (C=O) groups excluding carboxylic acids is 1. The Hall–Kier alpha value is -1.53. The van der Waals surface area contributed by atoms with E-state index < -0.39 is 7.12 Å². The molecule has 0 atom stereocenters. The number of piperidine rings is 1. The number of methoxy groups -OCH3 is 1. The average Bonchev–Trinajstić information content (AvgIpc) is 2.83. The SMILES string of the molecule is COc1cc(B2OC(C)(C)C(C)(C)O2)ccc1CC(=O)N1CCC(C)CC1. The molecule has 0 radical (unpaired) electrons. The lowest BCUT2D eigenvalue weighted by Crippen LogP contribution is -2.41. The van der Waals surface area contributed by atoms with Gasteiger partial charge in [0.15, 0.2) is 0 Å². The van der Waals surface area contributed by atoms with Crippen molar-refractivity contribution < 1.29 is 18.8 Å². The van der Waals surface area contributed by atoms with Crippen LogP contribution in [0.5, 0.6) is 5.75 Å². The Morgan fingerprint density at radius 3 is 2.33 bits per heavy atom. The van der Waals surface area contributed by atoms with Crippen molar-refractivity contribution >= 4 is 18.5 Å². The molecule has 2 saturated heterocycles. The summed E-state index contributed by atoms with van der Waals surface area (Å²) in [7, 11) is 1.21. The maximum Gasteiger partial charge on any atom is 0.494 e. The van der Waals surface area contributed by atoms with Gasteiger partial charge in [-0.05, 0) is 58.0 Å².